The number of aliphatic hydroxyl groups is 1. The Morgan fingerprint density at radius 2 is 2.19 bits per heavy atom. The number of hydrogen-bond acceptors (Lipinski definition) is 4. The average molecular weight is 250 g/mol. The predicted molar refractivity (Wildman–Crippen MR) is 54.8 cm³/mol. The van der Waals surface area contributed by atoms with Crippen LogP contribution in [0.2, 0.25) is 5.15 Å². The molecule has 1 aromatic rings. The molecule has 4 nitrogen and oxygen atoms in total. The molecular weight excluding hydrogens is 240 g/mol. The van der Waals surface area contributed by atoms with Gasteiger partial charge in [0, 0.05) is 18.8 Å². The van der Waals surface area contributed by atoms with Crippen LogP contribution in [0.25, 0.3) is 0 Å². The maximum atomic E-state index is 13.2. The lowest BCUT2D eigenvalue weighted by atomic mass is 10.2. The van der Waals surface area contributed by atoms with Crippen LogP contribution in [0.3, 0.4) is 0 Å². The summed E-state index contributed by atoms with van der Waals surface area (Å²) in [5.41, 5.74) is 0. The van der Waals surface area contributed by atoms with Crippen LogP contribution in [-0.4, -0.2) is 40.2 Å². The molecule has 0 amide bonds. The van der Waals surface area contributed by atoms with Gasteiger partial charge in [0.15, 0.2) is 11.0 Å². The molecule has 16 heavy (non-hydrogen) atoms. The Morgan fingerprint density at radius 1 is 1.50 bits per heavy atom. The fraction of sp³-hybridized carbons (Fsp3) is 0.556. The standard InChI is InChI=1S/C9H10ClF2N3O/c10-7-8(14-2-1-13-7)15-5-9(11,12)3-6(15)4-16/h1-2,6,16H,3-5H2. The van der Waals surface area contributed by atoms with Crippen LogP contribution in [-0.2, 0) is 0 Å². The number of aromatic nitrogens is 2. The zero-order valence-electron chi connectivity index (χ0n) is 8.28. The van der Waals surface area contributed by atoms with Gasteiger partial charge in [0.05, 0.1) is 19.2 Å². The minimum absolute atomic E-state index is 0.0682. The number of aliphatic hydroxyl groups excluding tert-OH is 1. The molecule has 88 valence electrons. The second-order valence-corrected chi connectivity index (χ2v) is 4.05. The highest BCUT2D eigenvalue weighted by atomic mass is 35.5. The minimum atomic E-state index is -2.83. The minimum Gasteiger partial charge on any atom is -0.394 e. The van der Waals surface area contributed by atoms with E-state index in [2.05, 4.69) is 9.97 Å². The van der Waals surface area contributed by atoms with Gasteiger partial charge in [-0.1, -0.05) is 11.6 Å². The molecule has 1 aliphatic heterocycles. The third-order valence-electron chi connectivity index (χ3n) is 2.50. The molecule has 0 spiro atoms. The van der Waals surface area contributed by atoms with E-state index in [0.29, 0.717) is 0 Å². The zero-order valence-corrected chi connectivity index (χ0v) is 9.03. The molecule has 0 radical (unpaired) electrons. The topological polar surface area (TPSA) is 49.2 Å². The Labute approximate surface area is 95.9 Å². The van der Waals surface area contributed by atoms with E-state index >= 15 is 0 Å². The first-order chi connectivity index (χ1) is 7.53. The predicted octanol–water partition coefficient (Wildman–Crippen LogP) is 1.34. The van der Waals surface area contributed by atoms with Gasteiger partial charge in [-0.2, -0.15) is 0 Å². The van der Waals surface area contributed by atoms with Gasteiger partial charge < -0.3 is 10.0 Å². The maximum Gasteiger partial charge on any atom is 0.267 e. The number of rotatable bonds is 2. The third-order valence-corrected chi connectivity index (χ3v) is 2.76. The quantitative estimate of drug-likeness (QED) is 0.859. The first-order valence-corrected chi connectivity index (χ1v) is 5.13. The van der Waals surface area contributed by atoms with E-state index in [9.17, 15) is 8.78 Å². The Kier molecular flexibility index (Phi) is 2.94. The van der Waals surface area contributed by atoms with Crippen molar-refractivity contribution in [2.75, 3.05) is 18.1 Å². The maximum absolute atomic E-state index is 13.2. The fourth-order valence-electron chi connectivity index (χ4n) is 1.82. The highest BCUT2D eigenvalue weighted by Crippen LogP contribution is 2.36. The van der Waals surface area contributed by atoms with E-state index in [1.165, 1.54) is 17.3 Å². The first kappa shape index (κ1) is 11.5. The molecule has 2 heterocycles. The highest BCUT2D eigenvalue weighted by Gasteiger charge is 2.45. The molecule has 7 heteroatoms. The van der Waals surface area contributed by atoms with Gasteiger partial charge in [-0.15, -0.1) is 0 Å². The number of halogens is 3. The Hall–Kier alpha value is -1.01. The van der Waals surface area contributed by atoms with Crippen molar-refractivity contribution >= 4 is 17.4 Å². The van der Waals surface area contributed by atoms with Crippen LogP contribution in [0.5, 0.6) is 0 Å². The Balaban J connectivity index is 2.30. The summed E-state index contributed by atoms with van der Waals surface area (Å²) in [6.07, 6.45) is 2.37. The van der Waals surface area contributed by atoms with Crippen LogP contribution >= 0.6 is 11.6 Å². The summed E-state index contributed by atoms with van der Waals surface area (Å²) >= 11 is 5.78. The van der Waals surface area contributed by atoms with Crippen LogP contribution in [0.15, 0.2) is 12.4 Å². The van der Waals surface area contributed by atoms with Gasteiger partial charge in [0.25, 0.3) is 5.92 Å². The van der Waals surface area contributed by atoms with E-state index in [4.69, 9.17) is 16.7 Å². The van der Waals surface area contributed by atoms with Crippen LogP contribution < -0.4 is 4.90 Å². The average Bonchev–Trinajstić information content (AvgIpc) is 2.54. The van der Waals surface area contributed by atoms with Crippen molar-refractivity contribution in [1.82, 2.24) is 9.97 Å². The summed E-state index contributed by atoms with van der Waals surface area (Å²) in [6.45, 7) is -0.848. The van der Waals surface area contributed by atoms with E-state index < -0.39 is 24.9 Å². The molecule has 1 atom stereocenters. The molecule has 2 rings (SSSR count). The SMILES string of the molecule is OCC1CC(F)(F)CN1c1nccnc1Cl. The van der Waals surface area contributed by atoms with Crippen molar-refractivity contribution < 1.29 is 13.9 Å². The highest BCUT2D eigenvalue weighted by molar-refractivity contribution is 6.31. The van der Waals surface area contributed by atoms with E-state index in [1.807, 2.05) is 0 Å². The van der Waals surface area contributed by atoms with Gasteiger partial charge in [0.1, 0.15) is 0 Å². The van der Waals surface area contributed by atoms with Gasteiger partial charge in [-0.3, -0.25) is 0 Å². The lowest BCUT2D eigenvalue weighted by Gasteiger charge is -2.23. The van der Waals surface area contributed by atoms with Crippen molar-refractivity contribution in [3.8, 4) is 0 Å². The molecule has 1 unspecified atom stereocenters. The molecule has 1 aromatic heterocycles. The number of hydrogen-bond donors (Lipinski definition) is 1. The molecule has 0 bridgehead atoms. The lowest BCUT2D eigenvalue weighted by Crippen LogP contribution is -2.33. The zero-order chi connectivity index (χ0) is 11.8. The van der Waals surface area contributed by atoms with E-state index in [1.54, 1.807) is 0 Å². The van der Waals surface area contributed by atoms with Crippen molar-refractivity contribution in [2.45, 2.75) is 18.4 Å². The molecule has 1 fully saturated rings. The summed E-state index contributed by atoms with van der Waals surface area (Å²) < 4.78 is 26.4. The van der Waals surface area contributed by atoms with Gasteiger partial charge in [0.2, 0.25) is 0 Å². The lowest BCUT2D eigenvalue weighted by molar-refractivity contribution is 0.0201. The molecule has 0 aliphatic carbocycles. The summed E-state index contributed by atoms with van der Waals surface area (Å²) in [5, 5.41) is 9.12. The summed E-state index contributed by atoms with van der Waals surface area (Å²) in [6, 6.07) is -0.663. The molecule has 0 saturated carbocycles. The molecule has 0 aromatic carbocycles. The molecule has 1 aliphatic rings. The van der Waals surface area contributed by atoms with E-state index in [0.717, 1.165) is 0 Å². The number of anilines is 1. The molecule has 1 N–H and O–H groups in total. The normalized spacial score (nSPS) is 23.8. The van der Waals surface area contributed by atoms with Gasteiger partial charge in [-0.25, -0.2) is 18.7 Å². The summed E-state index contributed by atoms with van der Waals surface area (Å²) in [4.78, 5) is 8.99. The second-order valence-electron chi connectivity index (χ2n) is 3.70. The number of nitrogens with zero attached hydrogens (tertiary/aromatic N) is 3. The van der Waals surface area contributed by atoms with Crippen LogP contribution in [0.1, 0.15) is 6.42 Å². The van der Waals surface area contributed by atoms with E-state index in [-0.39, 0.29) is 17.6 Å². The fourth-order valence-corrected chi connectivity index (χ4v) is 2.03. The summed E-state index contributed by atoms with van der Waals surface area (Å²) in [5.74, 6) is -2.63. The van der Waals surface area contributed by atoms with Gasteiger partial charge in [-0.05, 0) is 0 Å². The summed E-state index contributed by atoms with van der Waals surface area (Å²) in [7, 11) is 0. The van der Waals surface area contributed by atoms with Crippen molar-refractivity contribution in [3.63, 3.8) is 0 Å². The second kappa shape index (κ2) is 4.10. The monoisotopic (exact) mass is 249 g/mol. The number of alkyl halides is 2. The molecular formula is C9H10ClF2N3O. The molecule has 1 saturated heterocycles. The third kappa shape index (κ3) is 2.08. The smallest absolute Gasteiger partial charge is 0.267 e. The Morgan fingerprint density at radius 3 is 2.81 bits per heavy atom. The van der Waals surface area contributed by atoms with Gasteiger partial charge >= 0.3 is 0 Å². The first-order valence-electron chi connectivity index (χ1n) is 4.75. The van der Waals surface area contributed by atoms with Crippen LogP contribution in [0.4, 0.5) is 14.6 Å². The Bertz CT molecular complexity index is 391. The van der Waals surface area contributed by atoms with Crippen LogP contribution in [0, 0.1) is 0 Å². The van der Waals surface area contributed by atoms with Crippen molar-refractivity contribution in [3.05, 3.63) is 17.5 Å². The largest absolute Gasteiger partial charge is 0.394 e. The van der Waals surface area contributed by atoms with Crippen molar-refractivity contribution in [2.24, 2.45) is 0 Å². The van der Waals surface area contributed by atoms with Crippen molar-refractivity contribution in [1.29, 1.82) is 0 Å².